The molecule has 42 heavy (non-hydrogen) atoms. The summed E-state index contributed by atoms with van der Waals surface area (Å²) in [4.78, 5) is 76.1. The average Bonchev–Trinajstić information content (AvgIpc) is 3.41. The minimum atomic E-state index is -1.34. The van der Waals surface area contributed by atoms with Crippen LogP contribution in [0.5, 0.6) is 5.75 Å². The molecule has 0 aliphatic carbocycles. The largest absolute Gasteiger partial charge is 0.508 e. The second-order valence-electron chi connectivity index (χ2n) is 10.9. The van der Waals surface area contributed by atoms with E-state index >= 15 is 0 Å². The van der Waals surface area contributed by atoms with E-state index in [4.69, 9.17) is 10.8 Å². The molecule has 0 saturated carbocycles. The Labute approximate surface area is 244 Å². The van der Waals surface area contributed by atoms with Crippen molar-refractivity contribution < 1.29 is 44.1 Å². The maximum Gasteiger partial charge on any atom is 0.326 e. The Kier molecular flexibility index (Phi) is 12.7. The van der Waals surface area contributed by atoms with Gasteiger partial charge in [0.05, 0.1) is 6.04 Å². The number of nitrogens with zero attached hydrogens (tertiary/aromatic N) is 1. The third-order valence-corrected chi connectivity index (χ3v) is 6.90. The predicted octanol–water partition coefficient (Wildman–Crippen LogP) is -0.277. The van der Waals surface area contributed by atoms with Crippen LogP contribution in [0.3, 0.4) is 0 Å². The molecule has 5 atom stereocenters. The molecule has 1 saturated heterocycles. The summed E-state index contributed by atoms with van der Waals surface area (Å²) in [5.41, 5.74) is 6.71. The van der Waals surface area contributed by atoms with E-state index in [1.807, 2.05) is 0 Å². The lowest BCUT2D eigenvalue weighted by atomic mass is 10.0. The number of carbonyl (C=O) groups excluding carboxylic acids is 4. The molecule has 8 N–H and O–H groups in total. The van der Waals surface area contributed by atoms with Crippen molar-refractivity contribution in [1.82, 2.24) is 20.9 Å². The molecule has 0 bridgehead atoms. The zero-order valence-corrected chi connectivity index (χ0v) is 24.0. The lowest BCUT2D eigenvalue weighted by molar-refractivity contribution is -0.144. The van der Waals surface area contributed by atoms with Crippen LogP contribution in [0.4, 0.5) is 0 Å². The highest BCUT2D eigenvalue weighted by Gasteiger charge is 2.38. The fraction of sp³-hybridized carbons (Fsp3) is 0.571. The summed E-state index contributed by atoms with van der Waals surface area (Å²) >= 11 is 0. The number of amides is 4. The third-order valence-electron chi connectivity index (χ3n) is 6.90. The van der Waals surface area contributed by atoms with Crippen molar-refractivity contribution in [2.45, 2.75) is 89.5 Å². The van der Waals surface area contributed by atoms with E-state index < -0.39 is 72.2 Å². The van der Waals surface area contributed by atoms with E-state index in [1.54, 1.807) is 26.0 Å². The summed E-state index contributed by atoms with van der Waals surface area (Å²) in [5.74, 6) is -5.08. The molecule has 1 aliphatic heterocycles. The normalized spacial score (nSPS) is 17.5. The van der Waals surface area contributed by atoms with Gasteiger partial charge < -0.3 is 41.9 Å². The Hall–Kier alpha value is -4.20. The number of nitrogens with two attached hydrogens (primary N) is 1. The molecule has 0 spiro atoms. The Morgan fingerprint density at radius 2 is 1.60 bits per heavy atom. The highest BCUT2D eigenvalue weighted by Crippen LogP contribution is 2.19. The summed E-state index contributed by atoms with van der Waals surface area (Å²) < 4.78 is 0. The number of carboxylic acid groups (broad SMARTS) is 2. The SMILES string of the molecule is CC(C)C[C@H](NC(=O)[C@H](CCC(=O)O)NC(=O)[C@@H]1CCCN1C(=O)[C@H](C)NC(=O)[C@@H](N)Cc1ccc(O)cc1)C(=O)O. The quantitative estimate of drug-likeness (QED) is 0.141. The van der Waals surface area contributed by atoms with Gasteiger partial charge in [-0.3, -0.25) is 24.0 Å². The van der Waals surface area contributed by atoms with Gasteiger partial charge in [0.2, 0.25) is 23.6 Å². The average molecular weight is 592 g/mol. The van der Waals surface area contributed by atoms with Crippen molar-refractivity contribution in [1.29, 1.82) is 0 Å². The number of likely N-dealkylation sites (tertiary alicyclic amines) is 1. The van der Waals surface area contributed by atoms with E-state index in [0.717, 1.165) is 0 Å². The number of hydrogen-bond donors (Lipinski definition) is 7. The van der Waals surface area contributed by atoms with Gasteiger partial charge in [0.1, 0.15) is 29.9 Å². The van der Waals surface area contributed by atoms with Crippen LogP contribution in [0.25, 0.3) is 0 Å². The molecule has 0 aromatic heterocycles. The minimum Gasteiger partial charge on any atom is -0.508 e. The number of benzene rings is 1. The van der Waals surface area contributed by atoms with Gasteiger partial charge in [0.15, 0.2) is 0 Å². The van der Waals surface area contributed by atoms with Gasteiger partial charge in [-0.25, -0.2) is 4.79 Å². The number of aromatic hydroxyl groups is 1. The highest BCUT2D eigenvalue weighted by atomic mass is 16.4. The number of carboxylic acids is 2. The van der Waals surface area contributed by atoms with E-state index in [9.17, 15) is 39.0 Å². The standard InChI is InChI=1S/C28H41N5O9/c1-15(2)13-21(28(41)42)32-25(38)20(10-11-23(35)36)31-26(39)22-5-4-12-33(22)27(40)16(3)30-24(37)19(29)14-17-6-8-18(34)9-7-17/h6-9,15-16,19-22,34H,4-5,10-14,29H2,1-3H3,(H,30,37)(H,31,39)(H,32,38)(H,35,36)(H,41,42)/t16-,19-,20-,21-,22-/m0/s1. The van der Waals surface area contributed by atoms with Gasteiger partial charge >= 0.3 is 11.9 Å². The molecular formula is C28H41N5O9. The van der Waals surface area contributed by atoms with Crippen LogP contribution in [0, 0.1) is 5.92 Å². The minimum absolute atomic E-state index is 0.0543. The lowest BCUT2D eigenvalue weighted by Crippen LogP contribution is -2.57. The van der Waals surface area contributed by atoms with Crippen LogP contribution in [0.1, 0.15) is 58.4 Å². The smallest absolute Gasteiger partial charge is 0.326 e. The number of phenols is 1. The molecule has 1 heterocycles. The molecule has 232 valence electrons. The van der Waals surface area contributed by atoms with E-state index in [-0.39, 0.29) is 43.9 Å². The Morgan fingerprint density at radius 1 is 0.952 bits per heavy atom. The Balaban J connectivity index is 2.05. The van der Waals surface area contributed by atoms with Gasteiger partial charge in [0.25, 0.3) is 0 Å². The summed E-state index contributed by atoms with van der Waals surface area (Å²) in [6.45, 7) is 5.25. The number of phenolic OH excluding ortho intramolecular Hbond substituents is 1. The van der Waals surface area contributed by atoms with E-state index in [1.165, 1.54) is 24.0 Å². The fourth-order valence-electron chi connectivity index (χ4n) is 4.68. The van der Waals surface area contributed by atoms with Crippen LogP contribution >= 0.6 is 0 Å². The van der Waals surface area contributed by atoms with E-state index in [2.05, 4.69) is 16.0 Å². The first kappa shape index (κ1) is 34.0. The second-order valence-corrected chi connectivity index (χ2v) is 10.9. The first-order valence-corrected chi connectivity index (χ1v) is 13.9. The number of carbonyl (C=O) groups is 6. The van der Waals surface area contributed by atoms with Crippen molar-refractivity contribution in [3.8, 4) is 5.75 Å². The van der Waals surface area contributed by atoms with Gasteiger partial charge in [-0.2, -0.15) is 0 Å². The van der Waals surface area contributed by atoms with Crippen LogP contribution in [-0.2, 0) is 35.2 Å². The lowest BCUT2D eigenvalue weighted by Gasteiger charge is -2.29. The van der Waals surface area contributed by atoms with Crippen molar-refractivity contribution in [3.05, 3.63) is 29.8 Å². The fourth-order valence-corrected chi connectivity index (χ4v) is 4.68. The molecular weight excluding hydrogens is 550 g/mol. The molecule has 14 nitrogen and oxygen atoms in total. The Bertz CT molecular complexity index is 1140. The molecule has 1 aromatic carbocycles. The van der Waals surface area contributed by atoms with Crippen LogP contribution in [0.2, 0.25) is 0 Å². The third kappa shape index (κ3) is 10.3. The number of rotatable bonds is 15. The van der Waals surface area contributed by atoms with Crippen LogP contribution < -0.4 is 21.7 Å². The molecule has 1 fully saturated rings. The van der Waals surface area contributed by atoms with Crippen molar-refractivity contribution >= 4 is 35.6 Å². The molecule has 4 amide bonds. The molecule has 0 unspecified atom stereocenters. The molecule has 0 radical (unpaired) electrons. The summed E-state index contributed by atoms with van der Waals surface area (Å²) in [6.07, 6.45) is 0.312. The topological polar surface area (TPSA) is 228 Å². The van der Waals surface area contributed by atoms with Gasteiger partial charge in [-0.05, 0) is 62.6 Å². The monoisotopic (exact) mass is 591 g/mol. The van der Waals surface area contributed by atoms with Crippen LogP contribution in [0.15, 0.2) is 24.3 Å². The van der Waals surface area contributed by atoms with Crippen molar-refractivity contribution in [3.63, 3.8) is 0 Å². The summed E-state index contributed by atoms with van der Waals surface area (Å²) in [5, 5.41) is 35.4. The number of hydrogen-bond acceptors (Lipinski definition) is 8. The number of aliphatic carboxylic acids is 2. The predicted molar refractivity (Wildman–Crippen MR) is 150 cm³/mol. The number of nitrogens with one attached hydrogen (secondary N) is 3. The maximum atomic E-state index is 13.2. The van der Waals surface area contributed by atoms with Crippen molar-refractivity contribution in [2.24, 2.45) is 11.7 Å². The molecule has 14 heteroatoms. The first-order valence-electron chi connectivity index (χ1n) is 13.9. The van der Waals surface area contributed by atoms with E-state index in [0.29, 0.717) is 12.0 Å². The van der Waals surface area contributed by atoms with Gasteiger partial charge in [-0.1, -0.05) is 26.0 Å². The molecule has 2 rings (SSSR count). The zero-order valence-electron chi connectivity index (χ0n) is 24.0. The summed E-state index contributed by atoms with van der Waals surface area (Å²) in [6, 6.07) is 0.658. The van der Waals surface area contributed by atoms with Gasteiger partial charge in [0, 0.05) is 13.0 Å². The van der Waals surface area contributed by atoms with Crippen LogP contribution in [-0.4, -0.2) is 92.5 Å². The van der Waals surface area contributed by atoms with Gasteiger partial charge in [-0.15, -0.1) is 0 Å². The maximum absolute atomic E-state index is 13.2. The second kappa shape index (κ2) is 15.7. The zero-order chi connectivity index (χ0) is 31.6. The van der Waals surface area contributed by atoms with Crippen molar-refractivity contribution in [2.75, 3.05) is 6.54 Å². The first-order chi connectivity index (χ1) is 19.7. The summed E-state index contributed by atoms with van der Waals surface area (Å²) in [7, 11) is 0. The molecule has 1 aliphatic rings. The Morgan fingerprint density at radius 3 is 2.17 bits per heavy atom. The molecule has 1 aromatic rings. The highest BCUT2D eigenvalue weighted by molar-refractivity contribution is 5.95.